The number of likely N-dealkylation sites (tertiary alicyclic amines) is 1. The molecule has 1 aromatic carbocycles. The first-order valence-corrected chi connectivity index (χ1v) is 8.12. The lowest BCUT2D eigenvalue weighted by Gasteiger charge is -2.24. The molecule has 1 saturated carbocycles. The van der Waals surface area contributed by atoms with E-state index in [1.807, 2.05) is 35.2 Å². The van der Waals surface area contributed by atoms with E-state index in [-0.39, 0.29) is 11.9 Å². The molecule has 2 fully saturated rings. The number of benzene rings is 1. The molecule has 1 saturated heterocycles. The molecule has 22 heavy (non-hydrogen) atoms. The summed E-state index contributed by atoms with van der Waals surface area (Å²) < 4.78 is 0. The van der Waals surface area contributed by atoms with Crippen LogP contribution in [-0.2, 0) is 4.79 Å². The first-order chi connectivity index (χ1) is 10.7. The number of amides is 3. The van der Waals surface area contributed by atoms with Crippen molar-refractivity contribution in [2.24, 2.45) is 5.92 Å². The number of hydrogen-bond acceptors (Lipinski definition) is 2. The number of urea groups is 1. The summed E-state index contributed by atoms with van der Waals surface area (Å²) in [5, 5.41) is 5.70. The molecule has 118 valence electrons. The van der Waals surface area contributed by atoms with Gasteiger partial charge in [0, 0.05) is 31.2 Å². The number of fused-ring (bicyclic) bond motifs is 2. The van der Waals surface area contributed by atoms with E-state index < -0.39 is 0 Å². The highest BCUT2D eigenvalue weighted by Gasteiger charge is 2.37. The maximum absolute atomic E-state index is 12.2. The summed E-state index contributed by atoms with van der Waals surface area (Å²) >= 11 is 0. The van der Waals surface area contributed by atoms with E-state index in [2.05, 4.69) is 10.6 Å². The third-order valence-corrected chi connectivity index (χ3v) is 4.60. The fraction of sp³-hybridized carbons (Fsp3) is 0.529. The standard InChI is InChI=1S/C17H23N3O2/c21-16(19-14-6-2-1-3-7-14)9-10-18-17(22)20-12-13-5-4-8-15(20)11-13/h1-3,6-7,13,15H,4-5,8-12H2,(H,18,22)(H,19,21)/t13-,15+/m1/s1. The predicted molar refractivity (Wildman–Crippen MR) is 85.5 cm³/mol. The van der Waals surface area contributed by atoms with Crippen molar-refractivity contribution in [3.63, 3.8) is 0 Å². The molecular weight excluding hydrogens is 278 g/mol. The average Bonchev–Trinajstić information content (AvgIpc) is 2.82. The monoisotopic (exact) mass is 301 g/mol. The van der Waals surface area contributed by atoms with Gasteiger partial charge < -0.3 is 15.5 Å². The lowest BCUT2D eigenvalue weighted by molar-refractivity contribution is -0.116. The lowest BCUT2D eigenvalue weighted by Crippen LogP contribution is -2.43. The number of nitrogens with one attached hydrogen (secondary N) is 2. The topological polar surface area (TPSA) is 61.4 Å². The van der Waals surface area contributed by atoms with Crippen LogP contribution in [0.2, 0.25) is 0 Å². The fourth-order valence-corrected chi connectivity index (χ4v) is 3.52. The van der Waals surface area contributed by atoms with E-state index in [0.29, 0.717) is 24.9 Å². The van der Waals surface area contributed by atoms with Gasteiger partial charge in [0.1, 0.15) is 0 Å². The Balaban J connectivity index is 1.39. The summed E-state index contributed by atoms with van der Waals surface area (Å²) in [6, 6.07) is 9.76. The Morgan fingerprint density at radius 2 is 2.00 bits per heavy atom. The van der Waals surface area contributed by atoms with Gasteiger partial charge in [0.05, 0.1) is 0 Å². The Bertz CT molecular complexity index is 532. The molecule has 0 radical (unpaired) electrons. The van der Waals surface area contributed by atoms with Crippen LogP contribution in [-0.4, -0.2) is 36.0 Å². The maximum atomic E-state index is 12.2. The molecule has 2 bridgehead atoms. The highest BCUT2D eigenvalue weighted by atomic mass is 16.2. The van der Waals surface area contributed by atoms with Crippen molar-refractivity contribution in [1.82, 2.24) is 10.2 Å². The van der Waals surface area contributed by atoms with Gasteiger partial charge in [-0.05, 0) is 37.3 Å². The molecule has 2 N–H and O–H groups in total. The summed E-state index contributed by atoms with van der Waals surface area (Å²) in [6.45, 7) is 1.26. The van der Waals surface area contributed by atoms with Crippen LogP contribution in [0.1, 0.15) is 32.1 Å². The fourth-order valence-electron chi connectivity index (χ4n) is 3.52. The zero-order valence-corrected chi connectivity index (χ0v) is 12.8. The second-order valence-electron chi connectivity index (χ2n) is 6.23. The first kappa shape index (κ1) is 14.9. The van der Waals surface area contributed by atoms with Gasteiger partial charge in [0.25, 0.3) is 0 Å². The van der Waals surface area contributed by atoms with Crippen molar-refractivity contribution in [2.45, 2.75) is 38.1 Å². The number of carbonyl (C=O) groups is 2. The molecule has 5 heteroatoms. The Morgan fingerprint density at radius 1 is 1.18 bits per heavy atom. The van der Waals surface area contributed by atoms with E-state index in [4.69, 9.17) is 0 Å². The summed E-state index contributed by atoms with van der Waals surface area (Å²) in [4.78, 5) is 26.0. The predicted octanol–water partition coefficient (Wildman–Crippen LogP) is 2.60. The van der Waals surface area contributed by atoms with Gasteiger partial charge in [0.2, 0.25) is 5.91 Å². The van der Waals surface area contributed by atoms with Gasteiger partial charge >= 0.3 is 6.03 Å². The van der Waals surface area contributed by atoms with Crippen molar-refractivity contribution in [3.05, 3.63) is 30.3 Å². The van der Waals surface area contributed by atoms with E-state index in [9.17, 15) is 9.59 Å². The Kier molecular flexibility index (Phi) is 4.61. The Morgan fingerprint density at radius 3 is 2.77 bits per heavy atom. The largest absolute Gasteiger partial charge is 0.337 e. The van der Waals surface area contributed by atoms with Crippen LogP contribution in [0.25, 0.3) is 0 Å². The van der Waals surface area contributed by atoms with E-state index in [1.165, 1.54) is 12.8 Å². The van der Waals surface area contributed by atoms with Crippen LogP contribution in [0.4, 0.5) is 10.5 Å². The number of hydrogen-bond donors (Lipinski definition) is 2. The summed E-state index contributed by atoms with van der Waals surface area (Å²) in [5.74, 6) is 0.609. The third-order valence-electron chi connectivity index (χ3n) is 4.60. The highest BCUT2D eigenvalue weighted by molar-refractivity contribution is 5.91. The van der Waals surface area contributed by atoms with Crippen LogP contribution < -0.4 is 10.6 Å². The van der Waals surface area contributed by atoms with Crippen molar-refractivity contribution in [2.75, 3.05) is 18.4 Å². The molecule has 1 aromatic rings. The lowest BCUT2D eigenvalue weighted by atomic mass is 9.91. The average molecular weight is 301 g/mol. The third kappa shape index (κ3) is 3.59. The Hall–Kier alpha value is -2.04. The van der Waals surface area contributed by atoms with Crippen molar-refractivity contribution < 1.29 is 9.59 Å². The van der Waals surface area contributed by atoms with Crippen LogP contribution in [0.5, 0.6) is 0 Å². The van der Waals surface area contributed by atoms with Crippen molar-refractivity contribution in [1.29, 1.82) is 0 Å². The number of nitrogens with zero attached hydrogens (tertiary/aromatic N) is 1. The molecule has 1 aliphatic heterocycles. The summed E-state index contributed by atoms with van der Waals surface area (Å²) in [7, 11) is 0. The zero-order chi connectivity index (χ0) is 15.4. The quantitative estimate of drug-likeness (QED) is 0.898. The van der Waals surface area contributed by atoms with Gasteiger partial charge in [-0.2, -0.15) is 0 Å². The molecule has 1 aliphatic carbocycles. The molecule has 3 amide bonds. The second kappa shape index (κ2) is 6.81. The minimum absolute atomic E-state index is 0.0121. The first-order valence-electron chi connectivity index (χ1n) is 8.12. The smallest absolute Gasteiger partial charge is 0.317 e. The van der Waals surface area contributed by atoms with Crippen molar-refractivity contribution >= 4 is 17.6 Å². The molecular formula is C17H23N3O2. The van der Waals surface area contributed by atoms with Crippen LogP contribution >= 0.6 is 0 Å². The van der Waals surface area contributed by atoms with Gasteiger partial charge in [0.15, 0.2) is 0 Å². The van der Waals surface area contributed by atoms with E-state index >= 15 is 0 Å². The minimum atomic E-state index is -0.0772. The van der Waals surface area contributed by atoms with Crippen LogP contribution in [0.3, 0.4) is 0 Å². The van der Waals surface area contributed by atoms with Gasteiger partial charge in [-0.1, -0.05) is 24.6 Å². The molecule has 0 unspecified atom stereocenters. The Labute approximate surface area is 131 Å². The van der Waals surface area contributed by atoms with Crippen LogP contribution in [0, 0.1) is 5.92 Å². The molecule has 5 nitrogen and oxygen atoms in total. The van der Waals surface area contributed by atoms with E-state index in [1.54, 1.807) is 0 Å². The molecule has 2 aliphatic rings. The molecule has 0 spiro atoms. The summed E-state index contributed by atoms with van der Waals surface area (Å²) in [6.07, 6.45) is 5.06. The van der Waals surface area contributed by atoms with Crippen molar-refractivity contribution in [3.8, 4) is 0 Å². The van der Waals surface area contributed by atoms with Crippen LogP contribution in [0.15, 0.2) is 30.3 Å². The number of anilines is 1. The SMILES string of the molecule is O=C(CCNC(=O)N1C[C@@H]2CCC[C@H]1C2)Nc1ccccc1. The van der Waals surface area contributed by atoms with E-state index in [0.717, 1.165) is 25.1 Å². The molecule has 3 rings (SSSR count). The number of rotatable bonds is 4. The number of carbonyl (C=O) groups excluding carboxylic acids is 2. The minimum Gasteiger partial charge on any atom is -0.337 e. The molecule has 1 heterocycles. The highest BCUT2D eigenvalue weighted by Crippen LogP contribution is 2.35. The normalized spacial score (nSPS) is 23.2. The summed E-state index contributed by atoms with van der Waals surface area (Å²) in [5.41, 5.74) is 0.784. The zero-order valence-electron chi connectivity index (χ0n) is 12.8. The molecule has 0 aromatic heterocycles. The maximum Gasteiger partial charge on any atom is 0.317 e. The van der Waals surface area contributed by atoms with Gasteiger partial charge in [-0.25, -0.2) is 4.79 Å². The second-order valence-corrected chi connectivity index (χ2v) is 6.23. The van der Waals surface area contributed by atoms with Gasteiger partial charge in [-0.15, -0.1) is 0 Å². The number of para-hydroxylation sites is 1. The molecule has 2 atom stereocenters. The van der Waals surface area contributed by atoms with Gasteiger partial charge in [-0.3, -0.25) is 4.79 Å².